The fraction of sp³-hybridized carbons (Fsp3) is 0.650. The SMILES string of the molecule is CCCCC(C)c1c(C)ncc2c(=O)ncn(C3CCCCC3)c12. The lowest BCUT2D eigenvalue weighted by Crippen LogP contribution is -2.21. The Labute approximate surface area is 144 Å². The predicted molar refractivity (Wildman–Crippen MR) is 98.6 cm³/mol. The molecule has 1 aliphatic carbocycles. The van der Waals surface area contributed by atoms with Crippen molar-refractivity contribution in [1.82, 2.24) is 14.5 Å². The summed E-state index contributed by atoms with van der Waals surface area (Å²) in [6.07, 6.45) is 13.3. The summed E-state index contributed by atoms with van der Waals surface area (Å²) in [5, 5.41) is 0.687. The number of fused-ring (bicyclic) bond motifs is 1. The van der Waals surface area contributed by atoms with Crippen LogP contribution in [0.5, 0.6) is 0 Å². The second-order valence-corrected chi connectivity index (χ2v) is 7.31. The minimum atomic E-state index is -0.145. The number of hydrogen-bond acceptors (Lipinski definition) is 3. The molecule has 24 heavy (non-hydrogen) atoms. The van der Waals surface area contributed by atoms with Gasteiger partial charge in [-0.15, -0.1) is 0 Å². The molecule has 0 aromatic carbocycles. The van der Waals surface area contributed by atoms with E-state index < -0.39 is 0 Å². The normalized spacial score (nSPS) is 17.3. The van der Waals surface area contributed by atoms with Crippen molar-refractivity contribution in [3.05, 3.63) is 34.1 Å². The third kappa shape index (κ3) is 3.24. The van der Waals surface area contributed by atoms with Gasteiger partial charge in [0.15, 0.2) is 0 Å². The summed E-state index contributed by atoms with van der Waals surface area (Å²) in [6.45, 7) is 6.57. The molecule has 1 atom stereocenters. The standard InChI is InChI=1S/C20H29N3O/c1-4-5-9-14(2)18-15(3)21-12-17-19(18)23(13-22-20(17)24)16-10-7-6-8-11-16/h12-14,16H,4-11H2,1-3H3. The fourth-order valence-corrected chi connectivity index (χ4v) is 4.17. The zero-order valence-corrected chi connectivity index (χ0v) is 15.2. The summed E-state index contributed by atoms with van der Waals surface area (Å²) in [6, 6.07) is 0.466. The lowest BCUT2D eigenvalue weighted by molar-refractivity contribution is 0.356. The van der Waals surface area contributed by atoms with E-state index in [-0.39, 0.29) is 5.56 Å². The van der Waals surface area contributed by atoms with Crippen molar-refractivity contribution in [1.29, 1.82) is 0 Å². The molecule has 0 spiro atoms. The summed E-state index contributed by atoms with van der Waals surface area (Å²) >= 11 is 0. The molecule has 4 nitrogen and oxygen atoms in total. The van der Waals surface area contributed by atoms with Gasteiger partial charge in [-0.2, -0.15) is 4.98 Å². The van der Waals surface area contributed by atoms with Gasteiger partial charge in [0.1, 0.15) is 0 Å². The van der Waals surface area contributed by atoms with E-state index in [1.165, 1.54) is 50.5 Å². The lowest BCUT2D eigenvalue weighted by atomic mass is 9.91. The zero-order valence-electron chi connectivity index (χ0n) is 15.2. The van der Waals surface area contributed by atoms with Crippen molar-refractivity contribution in [2.24, 2.45) is 0 Å². The molecule has 2 aromatic rings. The summed E-state index contributed by atoms with van der Waals surface area (Å²) in [4.78, 5) is 21.0. The van der Waals surface area contributed by atoms with Crippen LogP contribution in [0.1, 0.15) is 88.4 Å². The van der Waals surface area contributed by atoms with Gasteiger partial charge in [-0.3, -0.25) is 9.78 Å². The van der Waals surface area contributed by atoms with Gasteiger partial charge in [-0.05, 0) is 32.1 Å². The maximum atomic E-state index is 12.3. The Kier molecular flexibility index (Phi) is 5.32. The molecule has 0 bridgehead atoms. The van der Waals surface area contributed by atoms with E-state index in [0.717, 1.165) is 17.6 Å². The Morgan fingerprint density at radius 2 is 2.00 bits per heavy atom. The molecule has 1 fully saturated rings. The van der Waals surface area contributed by atoms with E-state index in [9.17, 15) is 4.79 Å². The molecule has 130 valence electrons. The highest BCUT2D eigenvalue weighted by molar-refractivity contribution is 5.82. The molecule has 1 aliphatic rings. The second kappa shape index (κ2) is 7.45. The number of unbranched alkanes of at least 4 members (excludes halogenated alkanes) is 1. The van der Waals surface area contributed by atoms with Crippen LogP contribution in [0.25, 0.3) is 10.9 Å². The quantitative estimate of drug-likeness (QED) is 0.785. The van der Waals surface area contributed by atoms with Crippen LogP contribution in [0.4, 0.5) is 0 Å². The molecule has 1 unspecified atom stereocenters. The average Bonchev–Trinajstić information content (AvgIpc) is 2.60. The molecule has 4 heteroatoms. The van der Waals surface area contributed by atoms with Crippen LogP contribution in [0.2, 0.25) is 0 Å². The van der Waals surface area contributed by atoms with Crippen molar-refractivity contribution in [2.75, 3.05) is 0 Å². The van der Waals surface area contributed by atoms with Crippen molar-refractivity contribution < 1.29 is 0 Å². The van der Waals surface area contributed by atoms with E-state index in [1.807, 2.05) is 0 Å². The highest BCUT2D eigenvalue weighted by atomic mass is 16.1. The third-order valence-electron chi connectivity index (χ3n) is 5.53. The molecule has 2 aromatic heterocycles. The molecular weight excluding hydrogens is 298 g/mol. The molecule has 0 amide bonds. The summed E-state index contributed by atoms with van der Waals surface area (Å²) < 4.78 is 2.29. The monoisotopic (exact) mass is 327 g/mol. The Morgan fingerprint density at radius 1 is 1.25 bits per heavy atom. The van der Waals surface area contributed by atoms with Gasteiger partial charge in [0.2, 0.25) is 0 Å². The van der Waals surface area contributed by atoms with Crippen LogP contribution in [0, 0.1) is 6.92 Å². The van der Waals surface area contributed by atoms with Gasteiger partial charge in [0.25, 0.3) is 5.56 Å². The number of aromatic nitrogens is 3. The van der Waals surface area contributed by atoms with Crippen molar-refractivity contribution in [3.8, 4) is 0 Å². The maximum Gasteiger partial charge on any atom is 0.282 e. The zero-order chi connectivity index (χ0) is 17.1. The first-order valence-corrected chi connectivity index (χ1v) is 9.49. The van der Waals surface area contributed by atoms with Crippen LogP contribution in [0.3, 0.4) is 0 Å². The molecule has 0 saturated heterocycles. The average molecular weight is 327 g/mol. The van der Waals surface area contributed by atoms with Crippen LogP contribution < -0.4 is 5.56 Å². The van der Waals surface area contributed by atoms with E-state index in [1.54, 1.807) is 12.5 Å². The topological polar surface area (TPSA) is 47.8 Å². The smallest absolute Gasteiger partial charge is 0.282 e. The van der Waals surface area contributed by atoms with Gasteiger partial charge in [-0.25, -0.2) is 0 Å². The number of rotatable bonds is 5. The van der Waals surface area contributed by atoms with Gasteiger partial charge >= 0.3 is 0 Å². The van der Waals surface area contributed by atoms with Crippen LogP contribution in [-0.2, 0) is 0 Å². The highest BCUT2D eigenvalue weighted by Crippen LogP contribution is 2.34. The van der Waals surface area contributed by atoms with Crippen LogP contribution in [0.15, 0.2) is 17.3 Å². The van der Waals surface area contributed by atoms with Crippen LogP contribution in [-0.4, -0.2) is 14.5 Å². The Balaban J connectivity index is 2.19. The predicted octanol–water partition coefficient (Wildman–Crippen LogP) is 4.90. The minimum Gasteiger partial charge on any atom is -0.328 e. The van der Waals surface area contributed by atoms with Gasteiger partial charge in [0, 0.05) is 23.5 Å². The summed E-state index contributed by atoms with van der Waals surface area (Å²) in [7, 11) is 0. The molecule has 2 heterocycles. The van der Waals surface area contributed by atoms with E-state index in [4.69, 9.17) is 0 Å². The molecule has 3 rings (SSSR count). The van der Waals surface area contributed by atoms with Gasteiger partial charge < -0.3 is 4.57 Å². The first kappa shape index (κ1) is 17.1. The third-order valence-corrected chi connectivity index (χ3v) is 5.53. The largest absolute Gasteiger partial charge is 0.328 e. The molecule has 0 N–H and O–H groups in total. The Morgan fingerprint density at radius 3 is 2.71 bits per heavy atom. The molecule has 0 radical (unpaired) electrons. The Hall–Kier alpha value is -1.71. The minimum absolute atomic E-state index is 0.145. The maximum absolute atomic E-state index is 12.3. The van der Waals surface area contributed by atoms with E-state index in [0.29, 0.717) is 17.3 Å². The summed E-state index contributed by atoms with van der Waals surface area (Å²) in [5.74, 6) is 0.415. The van der Waals surface area contributed by atoms with Crippen molar-refractivity contribution in [3.63, 3.8) is 0 Å². The lowest BCUT2D eigenvalue weighted by Gasteiger charge is -2.28. The Bertz CT molecular complexity index is 759. The first-order valence-electron chi connectivity index (χ1n) is 9.49. The molecule has 0 aliphatic heterocycles. The second-order valence-electron chi connectivity index (χ2n) is 7.31. The van der Waals surface area contributed by atoms with Gasteiger partial charge in [-0.1, -0.05) is 46.0 Å². The van der Waals surface area contributed by atoms with Crippen molar-refractivity contribution >= 4 is 10.9 Å². The molecular formula is C20H29N3O. The molecule has 1 saturated carbocycles. The van der Waals surface area contributed by atoms with Crippen LogP contribution >= 0.6 is 0 Å². The van der Waals surface area contributed by atoms with E-state index in [2.05, 4.69) is 35.3 Å². The fourth-order valence-electron chi connectivity index (χ4n) is 4.17. The number of aryl methyl sites for hydroxylation is 1. The summed E-state index contributed by atoms with van der Waals surface area (Å²) in [5.41, 5.74) is 3.26. The number of hydrogen-bond donors (Lipinski definition) is 0. The van der Waals surface area contributed by atoms with Crippen molar-refractivity contribution in [2.45, 2.75) is 84.1 Å². The highest BCUT2D eigenvalue weighted by Gasteiger charge is 2.22. The number of nitrogens with zero attached hydrogens (tertiary/aromatic N) is 3. The van der Waals surface area contributed by atoms with E-state index >= 15 is 0 Å². The first-order chi connectivity index (χ1) is 11.6. The van der Waals surface area contributed by atoms with Gasteiger partial charge in [0.05, 0.1) is 17.2 Å². The number of pyridine rings is 1.